The predicted molar refractivity (Wildman–Crippen MR) is 132 cm³/mol. The van der Waals surface area contributed by atoms with Crippen LogP contribution in [0.3, 0.4) is 0 Å². The van der Waals surface area contributed by atoms with E-state index in [1.807, 2.05) is 0 Å². The van der Waals surface area contributed by atoms with Gasteiger partial charge in [-0.1, -0.05) is 99.0 Å². The van der Waals surface area contributed by atoms with Crippen molar-refractivity contribution in [1.29, 1.82) is 0 Å². The molecule has 154 valence electrons. The number of hydrogen-bond donors (Lipinski definition) is 0. The SMILES string of the molecule is C1=C[C@@H](P(C[C@H]2CCC=C2c2ccccc2)C[C@@H]2C=CCC2c2ccccc2)CC1. The average Bonchev–Trinajstić information content (AvgIpc) is 3.56. The van der Waals surface area contributed by atoms with Crippen LogP contribution in [-0.4, -0.2) is 18.0 Å². The topological polar surface area (TPSA) is 0 Å². The van der Waals surface area contributed by atoms with Gasteiger partial charge in [0.15, 0.2) is 0 Å². The number of rotatable bonds is 7. The van der Waals surface area contributed by atoms with E-state index in [9.17, 15) is 0 Å². The van der Waals surface area contributed by atoms with Crippen LogP contribution in [0.15, 0.2) is 91.0 Å². The lowest BCUT2D eigenvalue weighted by atomic mass is 9.89. The largest absolute Gasteiger partial charge is 0.0984 e. The van der Waals surface area contributed by atoms with Crippen molar-refractivity contribution in [3.05, 3.63) is 102 Å². The minimum absolute atomic E-state index is 0.00330. The molecule has 1 heteroatoms. The summed E-state index contributed by atoms with van der Waals surface area (Å²) in [5, 5.41) is 0. The molecule has 2 unspecified atom stereocenters. The van der Waals surface area contributed by atoms with Crippen LogP contribution >= 0.6 is 7.92 Å². The molecule has 0 nitrogen and oxygen atoms in total. The second kappa shape index (κ2) is 9.49. The molecule has 2 aromatic rings. The molecule has 0 amide bonds. The van der Waals surface area contributed by atoms with Crippen molar-refractivity contribution in [3.63, 3.8) is 0 Å². The van der Waals surface area contributed by atoms with Gasteiger partial charge in [-0.3, -0.25) is 0 Å². The summed E-state index contributed by atoms with van der Waals surface area (Å²) in [6.07, 6.45) is 21.9. The highest BCUT2D eigenvalue weighted by Crippen LogP contribution is 2.54. The van der Waals surface area contributed by atoms with Crippen molar-refractivity contribution in [2.45, 2.75) is 43.7 Å². The van der Waals surface area contributed by atoms with Gasteiger partial charge in [0.05, 0.1) is 0 Å². The van der Waals surface area contributed by atoms with Crippen LogP contribution in [0.5, 0.6) is 0 Å². The third-order valence-corrected chi connectivity index (χ3v) is 10.5. The highest BCUT2D eigenvalue weighted by molar-refractivity contribution is 7.58. The van der Waals surface area contributed by atoms with Crippen LogP contribution in [-0.2, 0) is 0 Å². The fourth-order valence-corrected chi connectivity index (χ4v) is 9.17. The molecule has 0 saturated heterocycles. The predicted octanol–water partition coefficient (Wildman–Crippen LogP) is 8.04. The van der Waals surface area contributed by atoms with Crippen LogP contribution in [0.25, 0.3) is 5.57 Å². The molecule has 0 spiro atoms. The molecule has 0 aromatic heterocycles. The van der Waals surface area contributed by atoms with E-state index < -0.39 is 0 Å². The van der Waals surface area contributed by atoms with E-state index in [1.165, 1.54) is 55.6 Å². The Kier molecular flexibility index (Phi) is 6.33. The van der Waals surface area contributed by atoms with Crippen LogP contribution in [0.4, 0.5) is 0 Å². The first-order chi connectivity index (χ1) is 14.9. The molecule has 5 atom stereocenters. The summed E-state index contributed by atoms with van der Waals surface area (Å²) in [4.78, 5) is 0. The molecular weight excluding hydrogens is 379 g/mol. The van der Waals surface area contributed by atoms with E-state index >= 15 is 0 Å². The average molecular weight is 413 g/mol. The zero-order chi connectivity index (χ0) is 20.2. The summed E-state index contributed by atoms with van der Waals surface area (Å²) in [5.74, 6) is 2.17. The minimum Gasteiger partial charge on any atom is -0.0984 e. The van der Waals surface area contributed by atoms with Crippen LogP contribution in [0.2, 0.25) is 0 Å². The Morgan fingerprint density at radius 1 is 0.767 bits per heavy atom. The van der Waals surface area contributed by atoms with E-state index in [1.54, 1.807) is 5.57 Å². The Labute approximate surface area is 183 Å². The first kappa shape index (κ1) is 20.0. The fourth-order valence-electron chi connectivity index (χ4n) is 5.74. The maximum atomic E-state index is 2.57. The first-order valence-electron chi connectivity index (χ1n) is 11.8. The zero-order valence-electron chi connectivity index (χ0n) is 17.9. The van der Waals surface area contributed by atoms with Gasteiger partial charge in [0.25, 0.3) is 0 Å². The van der Waals surface area contributed by atoms with Crippen LogP contribution in [0.1, 0.15) is 49.1 Å². The molecule has 0 N–H and O–H groups in total. The normalized spacial score (nSPS) is 28.7. The standard InChI is InChI=1S/C29H33P/c1-3-11-23(12-4-1)28-19-9-15-25(28)21-30(27-17-7-8-18-27)22-26-16-10-20-29(26)24-13-5-2-6-14-24/h1-7,9,11-15,17,20,25-28H,8,10,16,18-19,21-22H2/t25-,26+,27+,28?,30?/m0/s1. The molecule has 0 heterocycles. The van der Waals surface area contributed by atoms with E-state index in [0.717, 1.165) is 17.5 Å². The van der Waals surface area contributed by atoms with E-state index in [4.69, 9.17) is 0 Å². The lowest BCUT2D eigenvalue weighted by Crippen LogP contribution is -2.17. The molecule has 2 aromatic carbocycles. The Hall–Kier alpha value is -1.91. The molecule has 3 aliphatic rings. The van der Waals surface area contributed by atoms with Gasteiger partial charge in [-0.15, -0.1) is 0 Å². The lowest BCUT2D eigenvalue weighted by molar-refractivity contribution is 0.590. The van der Waals surface area contributed by atoms with Crippen molar-refractivity contribution in [2.75, 3.05) is 12.3 Å². The van der Waals surface area contributed by atoms with Crippen LogP contribution in [0, 0.1) is 11.8 Å². The van der Waals surface area contributed by atoms with Gasteiger partial charge >= 0.3 is 0 Å². The van der Waals surface area contributed by atoms with E-state index in [2.05, 4.69) is 91.0 Å². The highest BCUT2D eigenvalue weighted by Gasteiger charge is 2.33. The quantitative estimate of drug-likeness (QED) is 0.319. The lowest BCUT2D eigenvalue weighted by Gasteiger charge is -2.32. The van der Waals surface area contributed by atoms with Crippen molar-refractivity contribution < 1.29 is 0 Å². The monoisotopic (exact) mass is 412 g/mol. The molecule has 0 bridgehead atoms. The van der Waals surface area contributed by atoms with Gasteiger partial charge in [0.2, 0.25) is 0 Å². The maximum Gasteiger partial charge on any atom is -0.00263 e. The third kappa shape index (κ3) is 4.40. The summed E-state index contributed by atoms with van der Waals surface area (Å²) in [6.45, 7) is 0. The second-order valence-electron chi connectivity index (χ2n) is 9.17. The van der Waals surface area contributed by atoms with Gasteiger partial charge in [-0.25, -0.2) is 0 Å². The Morgan fingerprint density at radius 2 is 1.57 bits per heavy atom. The van der Waals surface area contributed by atoms with Gasteiger partial charge in [-0.2, -0.15) is 0 Å². The summed E-state index contributed by atoms with van der Waals surface area (Å²) < 4.78 is 0. The minimum atomic E-state index is 0.00330. The summed E-state index contributed by atoms with van der Waals surface area (Å²) in [6, 6.07) is 22.4. The summed E-state index contributed by atoms with van der Waals surface area (Å²) >= 11 is 0. The van der Waals surface area contributed by atoms with Crippen molar-refractivity contribution in [1.82, 2.24) is 0 Å². The van der Waals surface area contributed by atoms with E-state index in [-0.39, 0.29) is 7.92 Å². The number of benzene rings is 2. The summed E-state index contributed by atoms with van der Waals surface area (Å²) in [5.41, 5.74) is 5.46. The number of hydrogen-bond acceptors (Lipinski definition) is 0. The Morgan fingerprint density at radius 3 is 2.33 bits per heavy atom. The first-order valence-corrected chi connectivity index (χ1v) is 13.5. The molecular formula is C29H33P. The van der Waals surface area contributed by atoms with Crippen molar-refractivity contribution in [2.24, 2.45) is 11.8 Å². The molecule has 0 radical (unpaired) electrons. The fraction of sp³-hybridized carbons (Fsp3) is 0.379. The van der Waals surface area contributed by atoms with Crippen molar-refractivity contribution >= 4 is 13.5 Å². The smallest absolute Gasteiger partial charge is 0.00263 e. The van der Waals surface area contributed by atoms with Gasteiger partial charge in [0, 0.05) is 0 Å². The van der Waals surface area contributed by atoms with Crippen molar-refractivity contribution in [3.8, 4) is 0 Å². The molecule has 0 saturated carbocycles. The zero-order valence-corrected chi connectivity index (χ0v) is 18.8. The number of allylic oxidation sites excluding steroid dienone is 6. The Balaban J connectivity index is 1.34. The third-order valence-electron chi connectivity index (χ3n) is 7.30. The van der Waals surface area contributed by atoms with Gasteiger partial charge < -0.3 is 0 Å². The molecule has 0 fully saturated rings. The van der Waals surface area contributed by atoms with E-state index in [0.29, 0.717) is 5.92 Å². The maximum absolute atomic E-state index is 2.57. The second-order valence-corrected chi connectivity index (χ2v) is 11.7. The molecule has 3 aliphatic carbocycles. The highest BCUT2D eigenvalue weighted by atomic mass is 31.1. The van der Waals surface area contributed by atoms with Gasteiger partial charge in [0.1, 0.15) is 0 Å². The molecule has 0 aliphatic heterocycles. The van der Waals surface area contributed by atoms with Crippen LogP contribution < -0.4 is 0 Å². The molecule has 30 heavy (non-hydrogen) atoms. The molecule has 5 rings (SSSR count). The Bertz CT molecular complexity index is 904. The van der Waals surface area contributed by atoms with Gasteiger partial charge in [-0.05, 0) is 84.5 Å². The summed E-state index contributed by atoms with van der Waals surface area (Å²) in [7, 11) is 0.00330.